The number of nitrogens with two attached hydrogens (primary N) is 1. The summed E-state index contributed by atoms with van der Waals surface area (Å²) in [5, 5.41) is 12.3. The Morgan fingerprint density at radius 3 is 2.67 bits per heavy atom. The molecule has 5 heteroatoms. The molecule has 0 aliphatic rings. The predicted octanol–water partition coefficient (Wildman–Crippen LogP) is 1.87. The van der Waals surface area contributed by atoms with Crippen molar-refractivity contribution in [2.75, 3.05) is 19.5 Å². The molecule has 0 bridgehead atoms. The van der Waals surface area contributed by atoms with Gasteiger partial charge in [-0.1, -0.05) is 24.2 Å². The zero-order valence-corrected chi connectivity index (χ0v) is 11.6. The molecule has 18 heavy (non-hydrogen) atoms. The summed E-state index contributed by atoms with van der Waals surface area (Å²) in [6, 6.07) is 8.40. The van der Waals surface area contributed by atoms with E-state index in [4.69, 9.17) is 15.7 Å². The highest BCUT2D eigenvalue weighted by Crippen LogP contribution is 2.16. The lowest BCUT2D eigenvalue weighted by molar-refractivity contribution is 0.0973. The number of amidine groups is 1. The van der Waals surface area contributed by atoms with Crippen LogP contribution >= 0.6 is 11.8 Å². The van der Waals surface area contributed by atoms with E-state index in [0.717, 1.165) is 6.42 Å². The van der Waals surface area contributed by atoms with E-state index >= 15 is 0 Å². The second kappa shape index (κ2) is 8.00. The molecule has 0 unspecified atom stereocenters. The fourth-order valence-electron chi connectivity index (χ4n) is 1.47. The second-order valence-electron chi connectivity index (χ2n) is 4.03. The summed E-state index contributed by atoms with van der Waals surface area (Å²) in [5.41, 5.74) is 7.02. The molecule has 0 aliphatic carbocycles. The first-order chi connectivity index (χ1) is 8.67. The lowest BCUT2D eigenvalue weighted by Crippen LogP contribution is -2.23. The summed E-state index contributed by atoms with van der Waals surface area (Å²) in [6.07, 6.45) is 2.88. The van der Waals surface area contributed by atoms with Crippen LogP contribution in [0.2, 0.25) is 0 Å². The van der Waals surface area contributed by atoms with Gasteiger partial charge >= 0.3 is 0 Å². The Balaban J connectivity index is 2.52. The van der Waals surface area contributed by atoms with Gasteiger partial charge < -0.3 is 15.7 Å². The Morgan fingerprint density at radius 1 is 1.44 bits per heavy atom. The van der Waals surface area contributed by atoms with E-state index < -0.39 is 0 Å². The van der Waals surface area contributed by atoms with Gasteiger partial charge in [0.1, 0.15) is 12.4 Å². The number of oxime groups is 1. The third kappa shape index (κ3) is 4.98. The largest absolute Gasteiger partial charge is 0.393 e. The highest BCUT2D eigenvalue weighted by Gasteiger charge is 2.08. The minimum atomic E-state index is -0.0543. The smallest absolute Gasteiger partial charge is 0.142 e. The molecule has 1 atom stereocenters. The summed E-state index contributed by atoms with van der Waals surface area (Å²) in [4.78, 5) is 6.10. The molecule has 4 nitrogen and oxygen atoms in total. The normalized spacial score (nSPS) is 13.4. The SMILES string of the molecule is CSc1ccc(C[C@H](C)/C(N)=N/OCCO)cc1. The van der Waals surface area contributed by atoms with Crippen LogP contribution in [0.5, 0.6) is 0 Å². The number of aliphatic hydroxyl groups is 1. The minimum Gasteiger partial charge on any atom is -0.393 e. The number of aliphatic hydroxyl groups excluding tert-OH is 1. The Morgan fingerprint density at radius 2 is 2.11 bits per heavy atom. The van der Waals surface area contributed by atoms with E-state index in [1.165, 1.54) is 10.5 Å². The zero-order chi connectivity index (χ0) is 13.4. The van der Waals surface area contributed by atoms with Gasteiger partial charge in [0, 0.05) is 10.8 Å². The first-order valence-corrected chi connectivity index (χ1v) is 7.09. The van der Waals surface area contributed by atoms with Gasteiger partial charge in [-0.05, 0) is 30.4 Å². The molecule has 0 fully saturated rings. The zero-order valence-electron chi connectivity index (χ0n) is 10.8. The summed E-state index contributed by atoms with van der Waals surface area (Å²) in [6.45, 7) is 2.13. The van der Waals surface area contributed by atoms with Crippen LogP contribution in [-0.4, -0.2) is 30.4 Å². The van der Waals surface area contributed by atoms with Crippen LogP contribution in [0.1, 0.15) is 12.5 Å². The fourth-order valence-corrected chi connectivity index (χ4v) is 1.88. The van der Waals surface area contributed by atoms with Crippen LogP contribution < -0.4 is 5.73 Å². The average molecular weight is 268 g/mol. The standard InChI is InChI=1S/C13H20N2O2S/c1-10(13(14)15-17-8-7-16)9-11-3-5-12(18-2)6-4-11/h3-6,10,16H,7-9H2,1-2H3,(H2,14,15)/t10-/m0/s1. The Kier molecular flexibility index (Phi) is 6.60. The first kappa shape index (κ1) is 14.9. The van der Waals surface area contributed by atoms with Gasteiger partial charge in [-0.25, -0.2) is 0 Å². The monoisotopic (exact) mass is 268 g/mol. The highest BCUT2D eigenvalue weighted by atomic mass is 32.2. The fraction of sp³-hybridized carbons (Fsp3) is 0.462. The van der Waals surface area contributed by atoms with Crippen molar-refractivity contribution in [1.82, 2.24) is 0 Å². The Labute approximate surface area is 112 Å². The molecule has 0 amide bonds. The third-order valence-corrected chi connectivity index (χ3v) is 3.30. The van der Waals surface area contributed by atoms with E-state index in [1.54, 1.807) is 11.8 Å². The molecule has 0 saturated heterocycles. The third-order valence-electron chi connectivity index (χ3n) is 2.56. The second-order valence-corrected chi connectivity index (χ2v) is 4.91. The highest BCUT2D eigenvalue weighted by molar-refractivity contribution is 7.98. The van der Waals surface area contributed by atoms with Gasteiger partial charge in [0.25, 0.3) is 0 Å². The molecule has 0 saturated carbocycles. The van der Waals surface area contributed by atoms with E-state index in [0.29, 0.717) is 5.84 Å². The van der Waals surface area contributed by atoms with E-state index in [2.05, 4.69) is 35.7 Å². The van der Waals surface area contributed by atoms with Crippen molar-refractivity contribution >= 4 is 17.6 Å². The molecule has 0 aliphatic heterocycles. The van der Waals surface area contributed by atoms with Crippen molar-refractivity contribution in [3.8, 4) is 0 Å². The van der Waals surface area contributed by atoms with E-state index in [1.807, 2.05) is 6.92 Å². The molecule has 1 rings (SSSR count). The molecule has 1 aromatic rings. The number of hydrogen-bond donors (Lipinski definition) is 2. The van der Waals surface area contributed by atoms with Crippen LogP contribution in [0, 0.1) is 5.92 Å². The van der Waals surface area contributed by atoms with Gasteiger partial charge in [-0.3, -0.25) is 0 Å². The molecule has 0 spiro atoms. The van der Waals surface area contributed by atoms with Crippen LogP contribution in [0.25, 0.3) is 0 Å². The predicted molar refractivity (Wildman–Crippen MR) is 75.8 cm³/mol. The maximum Gasteiger partial charge on any atom is 0.142 e. The Bertz CT molecular complexity index is 379. The van der Waals surface area contributed by atoms with E-state index in [-0.39, 0.29) is 19.1 Å². The van der Waals surface area contributed by atoms with Gasteiger partial charge in [-0.2, -0.15) is 0 Å². The summed E-state index contributed by atoms with van der Waals surface area (Å²) >= 11 is 1.72. The van der Waals surface area contributed by atoms with Crippen molar-refractivity contribution in [2.24, 2.45) is 16.8 Å². The number of benzene rings is 1. The summed E-state index contributed by atoms with van der Waals surface area (Å²) < 4.78 is 0. The average Bonchev–Trinajstić information content (AvgIpc) is 2.39. The van der Waals surface area contributed by atoms with Crippen molar-refractivity contribution in [3.63, 3.8) is 0 Å². The lowest BCUT2D eigenvalue weighted by Gasteiger charge is -2.11. The quantitative estimate of drug-likeness (QED) is 0.260. The van der Waals surface area contributed by atoms with Crippen LogP contribution in [0.3, 0.4) is 0 Å². The van der Waals surface area contributed by atoms with Crippen molar-refractivity contribution in [2.45, 2.75) is 18.2 Å². The molecule has 0 aromatic heterocycles. The van der Waals surface area contributed by atoms with Crippen molar-refractivity contribution < 1.29 is 9.94 Å². The number of hydrogen-bond acceptors (Lipinski definition) is 4. The number of thioether (sulfide) groups is 1. The maximum absolute atomic E-state index is 8.57. The molecule has 0 heterocycles. The number of nitrogens with zero attached hydrogens (tertiary/aromatic N) is 1. The Hall–Kier alpha value is -1.20. The molecular formula is C13H20N2O2S. The van der Waals surface area contributed by atoms with Gasteiger partial charge in [0.2, 0.25) is 0 Å². The van der Waals surface area contributed by atoms with E-state index in [9.17, 15) is 0 Å². The maximum atomic E-state index is 8.57. The topological polar surface area (TPSA) is 67.8 Å². The van der Waals surface area contributed by atoms with Crippen molar-refractivity contribution in [1.29, 1.82) is 0 Å². The lowest BCUT2D eigenvalue weighted by atomic mass is 10.0. The van der Waals surface area contributed by atoms with Crippen molar-refractivity contribution in [3.05, 3.63) is 29.8 Å². The minimum absolute atomic E-state index is 0.0543. The van der Waals surface area contributed by atoms with Gasteiger partial charge in [-0.15, -0.1) is 11.8 Å². The molecule has 3 N–H and O–H groups in total. The molecule has 100 valence electrons. The molecule has 1 aromatic carbocycles. The summed E-state index contributed by atoms with van der Waals surface area (Å²) in [7, 11) is 0. The van der Waals surface area contributed by atoms with Gasteiger partial charge in [0.05, 0.1) is 6.61 Å². The van der Waals surface area contributed by atoms with Gasteiger partial charge in [0.15, 0.2) is 0 Å². The molecular weight excluding hydrogens is 248 g/mol. The van der Waals surface area contributed by atoms with Crippen LogP contribution in [0.15, 0.2) is 34.3 Å². The number of rotatable bonds is 7. The molecule has 0 radical (unpaired) electrons. The first-order valence-electron chi connectivity index (χ1n) is 5.86. The van der Waals surface area contributed by atoms with Crippen LogP contribution in [-0.2, 0) is 11.3 Å². The van der Waals surface area contributed by atoms with Crippen LogP contribution in [0.4, 0.5) is 0 Å². The summed E-state index contributed by atoms with van der Waals surface area (Å²) in [5.74, 6) is 0.571.